The minimum absolute atomic E-state index is 0.348. The lowest BCUT2D eigenvalue weighted by molar-refractivity contribution is -0.941. The van der Waals surface area contributed by atoms with Gasteiger partial charge in [0.25, 0.3) is 0 Å². The van der Waals surface area contributed by atoms with E-state index in [1.54, 1.807) is 36.8 Å². The van der Waals surface area contributed by atoms with Gasteiger partial charge in [-0.05, 0) is 35.7 Å². The molecule has 0 bridgehead atoms. The van der Waals surface area contributed by atoms with E-state index in [1.807, 2.05) is 24.3 Å². The van der Waals surface area contributed by atoms with E-state index in [9.17, 15) is 4.79 Å². The van der Waals surface area contributed by atoms with Crippen LogP contribution in [0, 0.1) is 0 Å². The average Bonchev–Trinajstić information content (AvgIpc) is 3.35. The van der Waals surface area contributed by atoms with Gasteiger partial charge in [-0.3, -0.25) is 0 Å². The second-order valence-electron chi connectivity index (χ2n) is 6.39. The van der Waals surface area contributed by atoms with E-state index < -0.39 is 0 Å². The van der Waals surface area contributed by atoms with Crippen molar-refractivity contribution in [2.24, 2.45) is 0 Å². The molecule has 1 N–H and O–H groups in total. The summed E-state index contributed by atoms with van der Waals surface area (Å²) >= 11 is 1.74. The molecule has 0 aliphatic carbocycles. The Kier molecular flexibility index (Phi) is 5.09. The molecule has 0 aliphatic rings. The number of rotatable bonds is 7. The van der Waals surface area contributed by atoms with Crippen molar-refractivity contribution >= 4 is 22.3 Å². The van der Waals surface area contributed by atoms with Gasteiger partial charge < -0.3 is 18.5 Å². The highest BCUT2D eigenvalue weighted by atomic mass is 32.1. The summed E-state index contributed by atoms with van der Waals surface area (Å²) in [5.41, 5.74) is 1.16. The summed E-state index contributed by atoms with van der Waals surface area (Å²) in [5.74, 6) is 1.59. The standard InChI is InChI=1S/C21H19NO4S/c1-24-16-6-7-19-15(10-21(23)26-20(19)11-16)12-22(13-17-4-2-8-25-17)14-18-5-3-9-27-18/h2-11H,12-14H2,1H3/p+1. The van der Waals surface area contributed by atoms with E-state index in [1.165, 1.54) is 9.78 Å². The van der Waals surface area contributed by atoms with Crippen molar-refractivity contribution in [3.63, 3.8) is 0 Å². The van der Waals surface area contributed by atoms with Crippen LogP contribution >= 0.6 is 11.3 Å². The van der Waals surface area contributed by atoms with Gasteiger partial charge in [0.1, 0.15) is 31.0 Å². The molecule has 0 aliphatic heterocycles. The third-order valence-corrected chi connectivity index (χ3v) is 5.36. The van der Waals surface area contributed by atoms with E-state index >= 15 is 0 Å². The molecule has 0 saturated heterocycles. The van der Waals surface area contributed by atoms with Gasteiger partial charge in [0.15, 0.2) is 5.76 Å². The lowest BCUT2D eigenvalue weighted by atomic mass is 10.1. The minimum atomic E-state index is -0.348. The fourth-order valence-corrected chi connectivity index (χ4v) is 4.04. The van der Waals surface area contributed by atoms with Crippen LogP contribution in [0.1, 0.15) is 16.2 Å². The number of hydrogen-bond acceptors (Lipinski definition) is 5. The van der Waals surface area contributed by atoms with E-state index in [2.05, 4.69) is 17.5 Å². The quantitative estimate of drug-likeness (QED) is 0.499. The molecule has 0 saturated carbocycles. The molecule has 5 nitrogen and oxygen atoms in total. The Morgan fingerprint density at radius 2 is 2.00 bits per heavy atom. The number of quaternary nitrogens is 1. The first-order chi connectivity index (χ1) is 13.2. The Balaban J connectivity index is 1.68. The number of thiophene rings is 1. The molecule has 3 heterocycles. The zero-order valence-electron chi connectivity index (χ0n) is 14.9. The van der Waals surface area contributed by atoms with Crippen molar-refractivity contribution in [3.05, 3.63) is 86.8 Å². The number of nitrogens with one attached hydrogen (secondary N) is 1. The number of hydrogen-bond donors (Lipinski definition) is 1. The molecule has 0 amide bonds. The van der Waals surface area contributed by atoms with Crippen LogP contribution in [0.25, 0.3) is 11.0 Å². The number of fused-ring (bicyclic) bond motifs is 1. The summed E-state index contributed by atoms with van der Waals surface area (Å²) in [6.45, 7) is 2.28. The molecule has 27 heavy (non-hydrogen) atoms. The van der Waals surface area contributed by atoms with Crippen LogP contribution < -0.4 is 15.3 Å². The lowest BCUT2D eigenvalue weighted by Gasteiger charge is -2.18. The van der Waals surface area contributed by atoms with Crippen molar-refractivity contribution in [3.8, 4) is 5.75 Å². The highest BCUT2D eigenvalue weighted by Crippen LogP contribution is 2.22. The van der Waals surface area contributed by atoms with Crippen molar-refractivity contribution in [2.75, 3.05) is 7.11 Å². The van der Waals surface area contributed by atoms with Gasteiger partial charge in [0.05, 0.1) is 18.3 Å². The van der Waals surface area contributed by atoms with E-state index in [4.69, 9.17) is 13.6 Å². The molecule has 3 aromatic heterocycles. The average molecular weight is 382 g/mol. The SMILES string of the molecule is COc1ccc2c(C[NH+](Cc3ccco3)Cc3cccs3)cc(=O)oc2c1. The zero-order chi connectivity index (χ0) is 18.6. The first-order valence-corrected chi connectivity index (χ1v) is 9.58. The Labute approximate surface area is 160 Å². The summed E-state index contributed by atoms with van der Waals surface area (Å²) in [4.78, 5) is 14.7. The molecular formula is C21H20NO4S+. The van der Waals surface area contributed by atoms with Gasteiger partial charge in [-0.1, -0.05) is 6.07 Å². The van der Waals surface area contributed by atoms with Crippen LogP contribution in [0.5, 0.6) is 5.75 Å². The molecule has 0 spiro atoms. The van der Waals surface area contributed by atoms with Crippen LogP contribution in [0.4, 0.5) is 0 Å². The number of ether oxygens (including phenoxy) is 1. The van der Waals surface area contributed by atoms with E-state index in [0.29, 0.717) is 17.9 Å². The predicted molar refractivity (Wildman–Crippen MR) is 104 cm³/mol. The molecule has 4 rings (SSSR count). The Morgan fingerprint density at radius 1 is 1.07 bits per heavy atom. The smallest absolute Gasteiger partial charge is 0.336 e. The zero-order valence-corrected chi connectivity index (χ0v) is 15.8. The maximum absolute atomic E-state index is 12.1. The van der Waals surface area contributed by atoms with Gasteiger partial charge in [-0.15, -0.1) is 11.3 Å². The molecule has 4 aromatic rings. The third kappa shape index (κ3) is 4.13. The topological polar surface area (TPSA) is 57.0 Å². The Hall–Kier alpha value is -2.83. The lowest BCUT2D eigenvalue weighted by Crippen LogP contribution is -3.08. The van der Waals surface area contributed by atoms with Gasteiger partial charge >= 0.3 is 5.63 Å². The van der Waals surface area contributed by atoms with Gasteiger partial charge in [0.2, 0.25) is 0 Å². The largest absolute Gasteiger partial charge is 0.497 e. The number of benzene rings is 1. The molecule has 1 aromatic carbocycles. The molecule has 0 radical (unpaired) electrons. The predicted octanol–water partition coefficient (Wildman–Crippen LogP) is 3.24. The van der Waals surface area contributed by atoms with Crippen LogP contribution in [0.2, 0.25) is 0 Å². The summed E-state index contributed by atoms with van der Waals surface area (Å²) in [6, 6.07) is 15.3. The summed E-state index contributed by atoms with van der Waals surface area (Å²) in [6.07, 6.45) is 1.69. The van der Waals surface area contributed by atoms with Crippen LogP contribution in [0.3, 0.4) is 0 Å². The molecule has 138 valence electrons. The van der Waals surface area contributed by atoms with Crippen LogP contribution in [-0.2, 0) is 19.6 Å². The maximum Gasteiger partial charge on any atom is 0.336 e. The van der Waals surface area contributed by atoms with Gasteiger partial charge in [-0.2, -0.15) is 0 Å². The first kappa shape index (κ1) is 17.6. The molecule has 0 fully saturated rings. The molecular weight excluding hydrogens is 362 g/mol. The van der Waals surface area contributed by atoms with Crippen LogP contribution in [0.15, 0.2) is 73.8 Å². The van der Waals surface area contributed by atoms with Crippen molar-refractivity contribution in [1.82, 2.24) is 0 Å². The second-order valence-corrected chi connectivity index (χ2v) is 7.42. The van der Waals surface area contributed by atoms with Gasteiger partial charge in [-0.25, -0.2) is 4.79 Å². The molecule has 1 unspecified atom stereocenters. The maximum atomic E-state index is 12.1. The van der Waals surface area contributed by atoms with E-state index in [-0.39, 0.29) is 5.63 Å². The van der Waals surface area contributed by atoms with Crippen LogP contribution in [-0.4, -0.2) is 7.11 Å². The fourth-order valence-electron chi connectivity index (χ4n) is 3.26. The molecule has 6 heteroatoms. The summed E-state index contributed by atoms with van der Waals surface area (Å²) in [5, 5.41) is 3.01. The van der Waals surface area contributed by atoms with Gasteiger partial charge in [0, 0.05) is 23.1 Å². The Bertz CT molecular complexity index is 1030. The highest BCUT2D eigenvalue weighted by Gasteiger charge is 2.17. The second kappa shape index (κ2) is 7.82. The first-order valence-electron chi connectivity index (χ1n) is 8.70. The summed E-state index contributed by atoms with van der Waals surface area (Å²) < 4.78 is 16.2. The Morgan fingerprint density at radius 3 is 2.74 bits per heavy atom. The molecule has 1 atom stereocenters. The van der Waals surface area contributed by atoms with E-state index in [0.717, 1.165) is 29.8 Å². The van der Waals surface area contributed by atoms with Crippen molar-refractivity contribution in [2.45, 2.75) is 19.6 Å². The number of furan rings is 1. The number of methoxy groups -OCH3 is 1. The highest BCUT2D eigenvalue weighted by molar-refractivity contribution is 7.09. The van der Waals surface area contributed by atoms with Crippen molar-refractivity contribution < 1.29 is 18.5 Å². The third-order valence-electron chi connectivity index (χ3n) is 4.49. The fraction of sp³-hybridized carbons (Fsp3) is 0.190. The summed E-state index contributed by atoms with van der Waals surface area (Å²) in [7, 11) is 1.60. The monoisotopic (exact) mass is 382 g/mol. The van der Waals surface area contributed by atoms with Crippen molar-refractivity contribution in [1.29, 1.82) is 0 Å². The normalized spacial score (nSPS) is 12.3. The minimum Gasteiger partial charge on any atom is -0.497 e.